The Morgan fingerprint density at radius 1 is 1.42 bits per heavy atom. The molecule has 2 unspecified atom stereocenters. The number of methoxy groups -OCH3 is 1. The molecule has 2 atom stereocenters. The molecule has 1 aromatic heterocycles. The molecule has 0 amide bonds. The second-order valence-electron chi connectivity index (χ2n) is 6.54. The molecule has 0 saturated heterocycles. The zero-order chi connectivity index (χ0) is 16.8. The van der Waals surface area contributed by atoms with E-state index in [4.69, 9.17) is 4.74 Å². The maximum absolute atomic E-state index is 5.12. The van der Waals surface area contributed by atoms with Gasteiger partial charge >= 0.3 is 0 Å². The van der Waals surface area contributed by atoms with Crippen molar-refractivity contribution in [3.05, 3.63) is 23.8 Å². The summed E-state index contributed by atoms with van der Waals surface area (Å²) in [4.78, 5) is 8.89. The van der Waals surface area contributed by atoms with Crippen molar-refractivity contribution in [3.63, 3.8) is 0 Å². The van der Waals surface area contributed by atoms with Crippen LogP contribution in [-0.4, -0.2) is 47.5 Å². The smallest absolute Gasteiger partial charge is 0.191 e. The molecule has 3 rings (SSSR count). The highest BCUT2D eigenvalue weighted by atomic mass is 16.5. The minimum absolute atomic E-state index is 0.326. The average molecular weight is 332 g/mol. The normalized spacial score (nSPS) is 23.8. The molecule has 0 aromatic carbocycles. The number of aliphatic imine (C=N–C) groups is 1. The fourth-order valence-corrected chi connectivity index (χ4v) is 3.34. The van der Waals surface area contributed by atoms with Gasteiger partial charge in [-0.1, -0.05) is 12.2 Å². The van der Waals surface area contributed by atoms with Crippen molar-refractivity contribution in [1.82, 2.24) is 25.4 Å². The molecule has 1 aliphatic carbocycles. The molecular formula is C17H28N6O. The lowest BCUT2D eigenvalue weighted by Crippen LogP contribution is -2.48. The van der Waals surface area contributed by atoms with Crippen molar-refractivity contribution in [2.75, 3.05) is 20.7 Å². The van der Waals surface area contributed by atoms with Gasteiger partial charge in [0.1, 0.15) is 12.4 Å². The van der Waals surface area contributed by atoms with E-state index >= 15 is 0 Å². The third kappa shape index (κ3) is 4.35. The fourth-order valence-electron chi connectivity index (χ4n) is 3.34. The van der Waals surface area contributed by atoms with E-state index < -0.39 is 0 Å². The van der Waals surface area contributed by atoms with Gasteiger partial charge in [-0.25, -0.2) is 9.67 Å². The number of nitrogens with one attached hydrogen (secondary N) is 2. The highest BCUT2D eigenvalue weighted by Crippen LogP contribution is 2.17. The van der Waals surface area contributed by atoms with Gasteiger partial charge in [-0.3, -0.25) is 4.99 Å². The number of hydrogen-bond acceptors (Lipinski definition) is 4. The zero-order valence-electron chi connectivity index (χ0n) is 14.7. The summed E-state index contributed by atoms with van der Waals surface area (Å²) in [5.41, 5.74) is 0. The highest BCUT2D eigenvalue weighted by molar-refractivity contribution is 5.79. The van der Waals surface area contributed by atoms with E-state index in [2.05, 4.69) is 37.9 Å². The first-order valence-electron chi connectivity index (χ1n) is 8.82. The lowest BCUT2D eigenvalue weighted by molar-refractivity contribution is 0.177. The van der Waals surface area contributed by atoms with Crippen LogP contribution < -0.4 is 10.6 Å². The van der Waals surface area contributed by atoms with Crippen molar-refractivity contribution in [2.45, 2.75) is 51.3 Å². The molecule has 1 aliphatic heterocycles. The van der Waals surface area contributed by atoms with Crippen LogP contribution in [0.2, 0.25) is 0 Å². The Hall–Kier alpha value is -1.89. The molecule has 1 aromatic rings. The zero-order valence-corrected chi connectivity index (χ0v) is 14.7. The Morgan fingerprint density at radius 3 is 3.08 bits per heavy atom. The van der Waals surface area contributed by atoms with Crippen molar-refractivity contribution in [3.8, 4) is 0 Å². The monoisotopic (exact) mass is 332 g/mol. The molecule has 2 N–H and O–H groups in total. The van der Waals surface area contributed by atoms with Crippen LogP contribution in [-0.2, 0) is 24.3 Å². The van der Waals surface area contributed by atoms with Gasteiger partial charge < -0.3 is 15.4 Å². The average Bonchev–Trinajstić information content (AvgIpc) is 3.01. The summed E-state index contributed by atoms with van der Waals surface area (Å²) in [6.07, 6.45) is 10.2. The summed E-state index contributed by atoms with van der Waals surface area (Å²) in [7, 11) is 3.50. The number of aromatic nitrogens is 3. The maximum Gasteiger partial charge on any atom is 0.191 e. The Bertz CT molecular complexity index is 594. The Balaban J connectivity index is 1.50. The van der Waals surface area contributed by atoms with Gasteiger partial charge in [0.05, 0.1) is 6.54 Å². The van der Waals surface area contributed by atoms with E-state index in [0.29, 0.717) is 18.6 Å². The van der Waals surface area contributed by atoms with Crippen LogP contribution in [0.5, 0.6) is 0 Å². The first kappa shape index (κ1) is 17.0. The quantitative estimate of drug-likeness (QED) is 0.482. The second-order valence-corrected chi connectivity index (χ2v) is 6.54. The molecule has 0 bridgehead atoms. The number of hydrogen-bond donors (Lipinski definition) is 2. The topological polar surface area (TPSA) is 76.4 Å². The fraction of sp³-hybridized carbons (Fsp3) is 0.706. The summed E-state index contributed by atoms with van der Waals surface area (Å²) < 4.78 is 7.11. The Morgan fingerprint density at radius 2 is 2.33 bits per heavy atom. The largest absolute Gasteiger partial charge is 0.377 e. The van der Waals surface area contributed by atoms with E-state index in [0.717, 1.165) is 50.0 Å². The minimum atomic E-state index is 0.326. The predicted molar refractivity (Wildman–Crippen MR) is 93.8 cm³/mol. The van der Waals surface area contributed by atoms with Gasteiger partial charge in [0.25, 0.3) is 0 Å². The van der Waals surface area contributed by atoms with Gasteiger partial charge in [-0.15, -0.1) is 0 Å². The van der Waals surface area contributed by atoms with E-state index in [1.165, 1.54) is 12.8 Å². The van der Waals surface area contributed by atoms with E-state index in [-0.39, 0.29) is 0 Å². The molecule has 0 saturated carbocycles. The first-order chi connectivity index (χ1) is 11.8. The summed E-state index contributed by atoms with van der Waals surface area (Å²) in [5.74, 6) is 3.41. The van der Waals surface area contributed by atoms with Gasteiger partial charge in [0, 0.05) is 33.2 Å². The SMILES string of the molecule is CN=C(NCC1CC=CCC1)NC1CCc2nc(COC)nn2C1. The second kappa shape index (κ2) is 8.28. The number of guanidine groups is 1. The van der Waals surface area contributed by atoms with Crippen LogP contribution in [0.3, 0.4) is 0 Å². The van der Waals surface area contributed by atoms with Crippen LogP contribution in [0.1, 0.15) is 37.3 Å². The van der Waals surface area contributed by atoms with E-state index in [9.17, 15) is 0 Å². The maximum atomic E-state index is 5.12. The van der Waals surface area contributed by atoms with Crippen molar-refractivity contribution in [1.29, 1.82) is 0 Å². The molecule has 132 valence electrons. The van der Waals surface area contributed by atoms with Crippen LogP contribution in [0.25, 0.3) is 0 Å². The van der Waals surface area contributed by atoms with Gasteiger partial charge in [0.2, 0.25) is 0 Å². The van der Waals surface area contributed by atoms with Crippen molar-refractivity contribution < 1.29 is 4.74 Å². The van der Waals surface area contributed by atoms with Gasteiger partial charge in [-0.2, -0.15) is 5.10 Å². The van der Waals surface area contributed by atoms with Gasteiger partial charge in [-0.05, 0) is 31.6 Å². The molecule has 2 aliphatic rings. The number of nitrogens with zero attached hydrogens (tertiary/aromatic N) is 4. The molecule has 0 radical (unpaired) electrons. The predicted octanol–water partition coefficient (Wildman–Crippen LogP) is 1.26. The summed E-state index contributed by atoms with van der Waals surface area (Å²) in [6.45, 7) is 2.26. The first-order valence-corrected chi connectivity index (χ1v) is 8.82. The summed E-state index contributed by atoms with van der Waals surface area (Å²) in [5, 5.41) is 11.5. The number of rotatable bonds is 5. The third-order valence-electron chi connectivity index (χ3n) is 4.68. The van der Waals surface area contributed by atoms with E-state index in [1.54, 1.807) is 7.11 Å². The molecule has 0 spiro atoms. The van der Waals surface area contributed by atoms with Crippen LogP contribution in [0.15, 0.2) is 17.1 Å². The van der Waals surface area contributed by atoms with E-state index in [1.807, 2.05) is 11.7 Å². The highest BCUT2D eigenvalue weighted by Gasteiger charge is 2.22. The number of allylic oxidation sites excluding steroid dienone is 2. The third-order valence-corrected chi connectivity index (χ3v) is 4.68. The van der Waals surface area contributed by atoms with Crippen LogP contribution in [0, 0.1) is 5.92 Å². The molecule has 0 fully saturated rings. The molecule has 24 heavy (non-hydrogen) atoms. The standard InChI is InChI=1S/C17H28N6O/c1-18-17(19-10-13-6-4-3-5-7-13)20-14-8-9-16-21-15(12-24-2)22-23(16)11-14/h3-4,13-14H,5-12H2,1-2H3,(H2,18,19,20). The molecular weight excluding hydrogens is 304 g/mol. The van der Waals surface area contributed by atoms with Crippen molar-refractivity contribution >= 4 is 5.96 Å². The number of fused-ring (bicyclic) bond motifs is 1. The Kier molecular flexibility index (Phi) is 5.85. The summed E-state index contributed by atoms with van der Waals surface area (Å²) in [6, 6.07) is 0.326. The molecule has 2 heterocycles. The lowest BCUT2D eigenvalue weighted by atomic mass is 9.94. The number of ether oxygens (including phenoxy) is 1. The van der Waals surface area contributed by atoms with Gasteiger partial charge in [0.15, 0.2) is 11.8 Å². The lowest BCUT2D eigenvalue weighted by Gasteiger charge is -2.26. The Labute approximate surface area is 143 Å². The molecule has 7 nitrogen and oxygen atoms in total. The van der Waals surface area contributed by atoms with Crippen LogP contribution in [0.4, 0.5) is 0 Å². The number of aryl methyl sites for hydroxylation is 1. The van der Waals surface area contributed by atoms with Crippen molar-refractivity contribution in [2.24, 2.45) is 10.9 Å². The molecule has 7 heteroatoms. The minimum Gasteiger partial charge on any atom is -0.377 e. The van der Waals surface area contributed by atoms with Crippen LogP contribution >= 0.6 is 0 Å². The summed E-state index contributed by atoms with van der Waals surface area (Å²) >= 11 is 0.